The predicted molar refractivity (Wildman–Crippen MR) is 160 cm³/mol. The summed E-state index contributed by atoms with van der Waals surface area (Å²) in [5.41, 5.74) is 2.70. The van der Waals surface area contributed by atoms with Crippen LogP contribution in [0.1, 0.15) is 126 Å². The van der Waals surface area contributed by atoms with E-state index in [-0.39, 0.29) is 11.8 Å². The first kappa shape index (κ1) is 30.1. The molecule has 3 saturated carbocycles. The van der Waals surface area contributed by atoms with Gasteiger partial charge in [0.15, 0.2) is 0 Å². The first-order chi connectivity index (χ1) is 18.0. The molecular formula is C35H61NO2. The summed E-state index contributed by atoms with van der Waals surface area (Å²) in [4.78, 5) is 14.0. The van der Waals surface area contributed by atoms with Crippen LogP contribution in [0, 0.1) is 52.3 Å². The molecule has 8 atom stereocenters. The molecule has 0 aromatic rings. The van der Waals surface area contributed by atoms with Crippen LogP contribution in [-0.2, 0) is 9.53 Å². The van der Waals surface area contributed by atoms with Crippen molar-refractivity contribution in [2.24, 2.45) is 52.3 Å². The number of carbonyl (C=O) groups is 1. The van der Waals surface area contributed by atoms with E-state index in [1.807, 2.05) is 25.8 Å². The summed E-state index contributed by atoms with van der Waals surface area (Å²) in [5.74, 6) is 5.71. The first-order valence-electron chi connectivity index (χ1n) is 16.5. The largest absolute Gasteiger partial charge is 0.378 e. The summed E-state index contributed by atoms with van der Waals surface area (Å²) >= 11 is 0. The summed E-state index contributed by atoms with van der Waals surface area (Å²) < 4.78 is 6.40. The number of fused-ring (bicyclic) bond motifs is 5. The van der Waals surface area contributed by atoms with Crippen LogP contribution in [0.25, 0.3) is 0 Å². The highest BCUT2D eigenvalue weighted by molar-refractivity contribution is 5.77. The molecule has 3 heteroatoms. The minimum Gasteiger partial charge on any atom is -0.378 e. The van der Waals surface area contributed by atoms with Crippen molar-refractivity contribution in [2.45, 2.75) is 132 Å². The SMILES string of the molecule is CC(C)CCCC(C)C1CCC2C3CC=C4C[C@@H](OCCCN(C)C(=O)C(C)C)CC[C@]4(C)C3CC[C@]12C. The third-order valence-electron chi connectivity index (χ3n) is 12.1. The molecule has 218 valence electrons. The normalized spacial score (nSPS) is 37.4. The lowest BCUT2D eigenvalue weighted by Gasteiger charge is -2.58. The molecule has 1 amide bonds. The lowest BCUT2D eigenvalue weighted by Crippen LogP contribution is -2.51. The Morgan fingerprint density at radius 2 is 1.76 bits per heavy atom. The van der Waals surface area contributed by atoms with Crippen LogP contribution < -0.4 is 0 Å². The van der Waals surface area contributed by atoms with E-state index in [0.29, 0.717) is 16.9 Å². The first-order valence-corrected chi connectivity index (χ1v) is 16.5. The van der Waals surface area contributed by atoms with E-state index in [4.69, 9.17) is 4.74 Å². The molecule has 0 radical (unpaired) electrons. The summed E-state index contributed by atoms with van der Waals surface area (Å²) in [7, 11) is 1.92. The fraction of sp³-hybridized carbons (Fsp3) is 0.914. The Kier molecular flexibility index (Phi) is 9.80. The molecule has 3 nitrogen and oxygen atoms in total. The van der Waals surface area contributed by atoms with Gasteiger partial charge >= 0.3 is 0 Å². The fourth-order valence-corrected chi connectivity index (χ4v) is 9.90. The average molecular weight is 528 g/mol. The maximum Gasteiger partial charge on any atom is 0.224 e. The Labute approximate surface area is 235 Å². The molecular weight excluding hydrogens is 466 g/mol. The smallest absolute Gasteiger partial charge is 0.224 e. The molecule has 0 heterocycles. The summed E-state index contributed by atoms with van der Waals surface area (Å²) in [6.07, 6.45) is 19.1. The van der Waals surface area contributed by atoms with Crippen LogP contribution in [0.5, 0.6) is 0 Å². The van der Waals surface area contributed by atoms with E-state index in [1.165, 1.54) is 64.2 Å². The Morgan fingerprint density at radius 3 is 2.47 bits per heavy atom. The van der Waals surface area contributed by atoms with Crippen molar-refractivity contribution in [1.82, 2.24) is 4.90 Å². The van der Waals surface area contributed by atoms with E-state index in [1.54, 1.807) is 5.57 Å². The number of nitrogens with zero attached hydrogens (tertiary/aromatic N) is 1. The lowest BCUT2D eigenvalue weighted by molar-refractivity contribution is -0.133. The second kappa shape index (κ2) is 12.4. The van der Waals surface area contributed by atoms with Gasteiger partial charge in [0.25, 0.3) is 0 Å². The molecule has 38 heavy (non-hydrogen) atoms. The number of hydrogen-bond acceptors (Lipinski definition) is 2. The molecule has 0 saturated heterocycles. The van der Waals surface area contributed by atoms with Crippen molar-refractivity contribution in [3.8, 4) is 0 Å². The van der Waals surface area contributed by atoms with E-state index < -0.39 is 0 Å². The molecule has 0 aliphatic heterocycles. The van der Waals surface area contributed by atoms with Crippen molar-refractivity contribution < 1.29 is 9.53 Å². The van der Waals surface area contributed by atoms with Crippen molar-refractivity contribution in [2.75, 3.05) is 20.2 Å². The Hall–Kier alpha value is -0.830. The zero-order chi connectivity index (χ0) is 27.7. The molecule has 3 fully saturated rings. The average Bonchev–Trinajstić information content (AvgIpc) is 3.23. The number of allylic oxidation sites excluding steroid dienone is 1. The lowest BCUT2D eigenvalue weighted by atomic mass is 9.47. The van der Waals surface area contributed by atoms with Crippen LogP contribution in [0.4, 0.5) is 0 Å². The third-order valence-corrected chi connectivity index (χ3v) is 12.1. The quantitative estimate of drug-likeness (QED) is 0.198. The molecule has 4 aliphatic rings. The molecule has 0 aromatic heterocycles. The van der Waals surface area contributed by atoms with Gasteiger partial charge in [-0.15, -0.1) is 0 Å². The van der Waals surface area contributed by atoms with E-state index >= 15 is 0 Å². The second-order valence-electron chi connectivity index (χ2n) is 15.3. The fourth-order valence-electron chi connectivity index (χ4n) is 9.90. The summed E-state index contributed by atoms with van der Waals surface area (Å²) in [6.45, 7) is 18.2. The van der Waals surface area contributed by atoms with Crippen molar-refractivity contribution in [1.29, 1.82) is 0 Å². The topological polar surface area (TPSA) is 29.5 Å². The molecule has 0 N–H and O–H groups in total. The van der Waals surface area contributed by atoms with E-state index in [9.17, 15) is 4.79 Å². The number of rotatable bonds is 11. The minimum absolute atomic E-state index is 0.0740. The molecule has 0 spiro atoms. The number of ether oxygens (including phenoxy) is 1. The number of amides is 1. The minimum atomic E-state index is 0.0740. The van der Waals surface area contributed by atoms with Crippen LogP contribution in [0.15, 0.2) is 11.6 Å². The predicted octanol–water partition coefficient (Wildman–Crippen LogP) is 8.92. The van der Waals surface area contributed by atoms with E-state index in [0.717, 1.165) is 61.5 Å². The molecule has 4 rings (SSSR count). The Morgan fingerprint density at radius 1 is 1.00 bits per heavy atom. The zero-order valence-electron chi connectivity index (χ0n) is 26.4. The van der Waals surface area contributed by atoms with Gasteiger partial charge < -0.3 is 9.64 Å². The van der Waals surface area contributed by atoms with Gasteiger partial charge in [-0.05, 0) is 104 Å². The maximum absolute atomic E-state index is 12.1. The molecule has 5 unspecified atom stereocenters. The van der Waals surface area contributed by atoms with Gasteiger partial charge in [0.1, 0.15) is 0 Å². The van der Waals surface area contributed by atoms with Crippen LogP contribution in [0.3, 0.4) is 0 Å². The maximum atomic E-state index is 12.1. The second-order valence-corrected chi connectivity index (χ2v) is 15.3. The Balaban J connectivity index is 1.32. The van der Waals surface area contributed by atoms with Gasteiger partial charge in [0.2, 0.25) is 5.91 Å². The summed E-state index contributed by atoms with van der Waals surface area (Å²) in [5, 5.41) is 0. The zero-order valence-corrected chi connectivity index (χ0v) is 26.4. The van der Waals surface area contributed by atoms with Crippen molar-refractivity contribution in [3.05, 3.63) is 11.6 Å². The highest BCUT2D eigenvalue weighted by Gasteiger charge is 2.59. The van der Waals surface area contributed by atoms with Crippen LogP contribution in [-0.4, -0.2) is 37.1 Å². The third kappa shape index (κ3) is 6.08. The van der Waals surface area contributed by atoms with Gasteiger partial charge in [-0.1, -0.05) is 79.4 Å². The molecule has 4 aliphatic carbocycles. The van der Waals surface area contributed by atoms with Gasteiger partial charge in [0, 0.05) is 26.1 Å². The van der Waals surface area contributed by atoms with Crippen molar-refractivity contribution in [3.63, 3.8) is 0 Å². The number of hydrogen-bond donors (Lipinski definition) is 0. The number of carbonyl (C=O) groups excluding carboxylic acids is 1. The monoisotopic (exact) mass is 527 g/mol. The van der Waals surface area contributed by atoms with Gasteiger partial charge in [-0.2, -0.15) is 0 Å². The highest BCUT2D eigenvalue weighted by Crippen LogP contribution is 2.67. The van der Waals surface area contributed by atoms with Gasteiger partial charge in [-0.25, -0.2) is 0 Å². The van der Waals surface area contributed by atoms with Crippen molar-refractivity contribution >= 4 is 5.91 Å². The Bertz CT molecular complexity index is 832. The molecule has 0 bridgehead atoms. The standard InChI is InChI=1S/C35H61NO2/c1-24(2)11-9-12-26(5)30-15-16-31-29-14-13-27-23-28(38-22-10-21-36(8)33(37)25(3)4)17-19-34(27,6)32(29)18-20-35(30,31)7/h13,24-26,28-32H,9-12,14-23H2,1-8H3/t26?,28-,29?,30?,31?,32?,34-,35+/m0/s1. The highest BCUT2D eigenvalue weighted by atomic mass is 16.5. The van der Waals surface area contributed by atoms with Crippen LogP contribution in [0.2, 0.25) is 0 Å². The summed E-state index contributed by atoms with van der Waals surface area (Å²) in [6, 6.07) is 0. The van der Waals surface area contributed by atoms with Gasteiger partial charge in [-0.3, -0.25) is 4.79 Å². The van der Waals surface area contributed by atoms with Crippen LogP contribution >= 0.6 is 0 Å². The van der Waals surface area contributed by atoms with Gasteiger partial charge in [0.05, 0.1) is 6.10 Å². The van der Waals surface area contributed by atoms with E-state index in [2.05, 4.69) is 40.7 Å². The molecule has 0 aromatic carbocycles.